The van der Waals surface area contributed by atoms with Crippen molar-refractivity contribution in [3.05, 3.63) is 71.8 Å². The summed E-state index contributed by atoms with van der Waals surface area (Å²) in [7, 11) is 0. The van der Waals surface area contributed by atoms with Crippen molar-refractivity contribution < 1.29 is 0 Å². The zero-order chi connectivity index (χ0) is 13.8. The van der Waals surface area contributed by atoms with Gasteiger partial charge in [-0.1, -0.05) is 60.7 Å². The molecule has 20 heavy (non-hydrogen) atoms. The summed E-state index contributed by atoms with van der Waals surface area (Å²) >= 11 is 0. The van der Waals surface area contributed by atoms with Crippen LogP contribution in [0.4, 0.5) is 0 Å². The second kappa shape index (κ2) is 6.21. The topological polar surface area (TPSA) is 29.3 Å². The van der Waals surface area contributed by atoms with Gasteiger partial charge in [0.1, 0.15) is 0 Å². The Morgan fingerprint density at radius 2 is 1.50 bits per heavy atom. The second-order valence-electron chi connectivity index (χ2n) is 5.68. The molecule has 2 aromatic rings. The molecule has 2 nitrogen and oxygen atoms in total. The lowest BCUT2D eigenvalue weighted by atomic mass is 9.91. The molecule has 2 aromatic carbocycles. The minimum atomic E-state index is 0.349. The van der Waals surface area contributed by atoms with Gasteiger partial charge >= 0.3 is 0 Å². The van der Waals surface area contributed by atoms with E-state index in [-0.39, 0.29) is 0 Å². The first kappa shape index (κ1) is 13.3. The third-order valence-corrected chi connectivity index (χ3v) is 4.15. The Bertz CT molecular complexity index is 484. The van der Waals surface area contributed by atoms with Crippen LogP contribution in [0.25, 0.3) is 0 Å². The smallest absolute Gasteiger partial charge is 0.0217 e. The Balaban J connectivity index is 1.84. The molecule has 1 unspecified atom stereocenters. The monoisotopic (exact) mass is 266 g/mol. The van der Waals surface area contributed by atoms with E-state index in [0.29, 0.717) is 12.0 Å². The first-order chi connectivity index (χ1) is 9.83. The lowest BCUT2D eigenvalue weighted by Gasteiger charge is -2.24. The van der Waals surface area contributed by atoms with E-state index in [0.717, 1.165) is 26.1 Å². The van der Waals surface area contributed by atoms with Gasteiger partial charge in [-0.3, -0.25) is 0 Å². The van der Waals surface area contributed by atoms with Gasteiger partial charge in [0.25, 0.3) is 0 Å². The molecule has 1 atom stereocenters. The van der Waals surface area contributed by atoms with Crippen LogP contribution in [0.5, 0.6) is 0 Å². The molecule has 0 radical (unpaired) electrons. The minimum absolute atomic E-state index is 0.349. The van der Waals surface area contributed by atoms with Crippen LogP contribution in [0.1, 0.15) is 23.5 Å². The molecule has 2 heteroatoms. The number of benzene rings is 2. The van der Waals surface area contributed by atoms with Crippen molar-refractivity contribution in [1.82, 2.24) is 4.90 Å². The van der Waals surface area contributed by atoms with Gasteiger partial charge < -0.3 is 10.6 Å². The third-order valence-electron chi connectivity index (χ3n) is 4.15. The van der Waals surface area contributed by atoms with Gasteiger partial charge in [-0.15, -0.1) is 0 Å². The lowest BCUT2D eigenvalue weighted by molar-refractivity contribution is 0.323. The van der Waals surface area contributed by atoms with Crippen LogP contribution >= 0.6 is 0 Å². The molecule has 2 N–H and O–H groups in total. The first-order valence-electron chi connectivity index (χ1n) is 7.41. The lowest BCUT2D eigenvalue weighted by Crippen LogP contribution is -2.30. The van der Waals surface area contributed by atoms with Crippen LogP contribution in [0.2, 0.25) is 0 Å². The van der Waals surface area contributed by atoms with Crippen molar-refractivity contribution in [2.75, 3.05) is 19.6 Å². The highest BCUT2D eigenvalue weighted by Gasteiger charge is 2.23. The molecule has 0 spiro atoms. The Hall–Kier alpha value is -1.64. The fourth-order valence-corrected chi connectivity index (χ4v) is 3.06. The molecule has 1 aliphatic heterocycles. The van der Waals surface area contributed by atoms with Gasteiger partial charge in [0.05, 0.1) is 0 Å². The number of nitrogens with two attached hydrogens (primary N) is 1. The second-order valence-corrected chi connectivity index (χ2v) is 5.68. The van der Waals surface area contributed by atoms with Gasteiger partial charge in [0.15, 0.2) is 0 Å². The van der Waals surface area contributed by atoms with E-state index in [2.05, 4.69) is 65.6 Å². The summed E-state index contributed by atoms with van der Waals surface area (Å²) in [5, 5.41) is 0. The Morgan fingerprint density at radius 3 is 1.95 bits per heavy atom. The van der Waals surface area contributed by atoms with E-state index in [1.165, 1.54) is 11.1 Å². The third kappa shape index (κ3) is 3.09. The predicted octanol–water partition coefficient (Wildman–Crippen LogP) is 2.85. The maximum atomic E-state index is 6.04. The number of hydrogen-bond donors (Lipinski definition) is 1. The highest BCUT2D eigenvalue weighted by molar-refractivity contribution is 5.32. The van der Waals surface area contributed by atoms with Crippen LogP contribution in [0.3, 0.4) is 0 Å². The summed E-state index contributed by atoms with van der Waals surface area (Å²) in [5.74, 6) is 0.433. The summed E-state index contributed by atoms with van der Waals surface area (Å²) in [6.07, 6.45) is 1.12. The van der Waals surface area contributed by atoms with Crippen molar-refractivity contribution in [3.63, 3.8) is 0 Å². The van der Waals surface area contributed by atoms with E-state index < -0.39 is 0 Å². The van der Waals surface area contributed by atoms with Crippen molar-refractivity contribution in [2.24, 2.45) is 5.73 Å². The number of rotatable bonds is 4. The predicted molar refractivity (Wildman–Crippen MR) is 83.8 cm³/mol. The molecule has 1 fully saturated rings. The molecule has 1 saturated heterocycles. The Labute approximate surface area is 121 Å². The van der Waals surface area contributed by atoms with Gasteiger partial charge in [-0.05, 0) is 24.1 Å². The molecule has 0 saturated carbocycles. The number of hydrogen-bond acceptors (Lipinski definition) is 2. The molecule has 104 valence electrons. The first-order valence-corrected chi connectivity index (χ1v) is 7.41. The molecule has 0 bridgehead atoms. The van der Waals surface area contributed by atoms with E-state index in [4.69, 9.17) is 5.73 Å². The standard InChI is InChI=1S/C18H22N2/c19-17-11-12-20(13-17)14-18(15-7-3-1-4-8-15)16-9-5-2-6-10-16/h1-10,17-18H,11-14,19H2. The summed E-state index contributed by atoms with van der Waals surface area (Å²) in [4.78, 5) is 2.50. The van der Waals surface area contributed by atoms with Gasteiger partial charge in [-0.25, -0.2) is 0 Å². The zero-order valence-corrected chi connectivity index (χ0v) is 11.8. The molecular formula is C18H22N2. The summed E-state index contributed by atoms with van der Waals surface area (Å²) in [6.45, 7) is 3.20. The highest BCUT2D eigenvalue weighted by atomic mass is 15.2. The molecule has 1 heterocycles. The van der Waals surface area contributed by atoms with Crippen LogP contribution in [0, 0.1) is 0 Å². The Morgan fingerprint density at radius 1 is 0.950 bits per heavy atom. The maximum absolute atomic E-state index is 6.04. The Kier molecular flexibility index (Phi) is 4.14. The summed E-state index contributed by atoms with van der Waals surface area (Å²) in [5.41, 5.74) is 8.81. The fourth-order valence-electron chi connectivity index (χ4n) is 3.06. The molecule has 3 rings (SSSR count). The van der Waals surface area contributed by atoms with Crippen LogP contribution < -0.4 is 5.73 Å². The van der Waals surface area contributed by atoms with Crippen molar-refractivity contribution in [2.45, 2.75) is 18.4 Å². The van der Waals surface area contributed by atoms with Gasteiger partial charge in [-0.2, -0.15) is 0 Å². The van der Waals surface area contributed by atoms with E-state index in [1.807, 2.05) is 0 Å². The SMILES string of the molecule is NC1CCN(CC(c2ccccc2)c2ccccc2)C1. The van der Waals surface area contributed by atoms with Crippen molar-refractivity contribution in [3.8, 4) is 0 Å². The van der Waals surface area contributed by atoms with Crippen molar-refractivity contribution >= 4 is 0 Å². The van der Waals surface area contributed by atoms with Crippen LogP contribution in [0.15, 0.2) is 60.7 Å². The van der Waals surface area contributed by atoms with E-state index in [1.54, 1.807) is 0 Å². The average Bonchev–Trinajstić information content (AvgIpc) is 2.92. The zero-order valence-electron chi connectivity index (χ0n) is 11.8. The quantitative estimate of drug-likeness (QED) is 0.922. The number of likely N-dealkylation sites (tertiary alicyclic amines) is 1. The number of nitrogens with zero attached hydrogens (tertiary/aromatic N) is 1. The van der Waals surface area contributed by atoms with E-state index >= 15 is 0 Å². The molecule has 0 amide bonds. The molecular weight excluding hydrogens is 244 g/mol. The molecule has 0 aliphatic carbocycles. The van der Waals surface area contributed by atoms with Crippen LogP contribution in [-0.4, -0.2) is 30.6 Å². The summed E-state index contributed by atoms with van der Waals surface area (Å²) < 4.78 is 0. The average molecular weight is 266 g/mol. The maximum Gasteiger partial charge on any atom is 0.0217 e. The minimum Gasteiger partial charge on any atom is -0.326 e. The van der Waals surface area contributed by atoms with Crippen LogP contribution in [-0.2, 0) is 0 Å². The van der Waals surface area contributed by atoms with E-state index in [9.17, 15) is 0 Å². The molecule has 0 aromatic heterocycles. The molecule has 1 aliphatic rings. The fraction of sp³-hybridized carbons (Fsp3) is 0.333. The largest absolute Gasteiger partial charge is 0.326 e. The summed E-state index contributed by atoms with van der Waals surface area (Å²) in [6, 6.07) is 21.9. The normalized spacial score (nSPS) is 19.6. The highest BCUT2D eigenvalue weighted by Crippen LogP contribution is 2.26. The van der Waals surface area contributed by atoms with Gasteiger partial charge in [0, 0.05) is 25.0 Å². The van der Waals surface area contributed by atoms with Crippen molar-refractivity contribution in [1.29, 1.82) is 0 Å². The van der Waals surface area contributed by atoms with Gasteiger partial charge in [0.2, 0.25) is 0 Å².